The average Bonchev–Trinajstić information content (AvgIpc) is 4.01. The molecule has 1 saturated heterocycles. The summed E-state index contributed by atoms with van der Waals surface area (Å²) in [5.41, 5.74) is 15.1. The molecule has 1 aliphatic rings. The summed E-state index contributed by atoms with van der Waals surface area (Å²) >= 11 is 0. The molecular weight excluding hydrogens is 827 g/mol. The van der Waals surface area contributed by atoms with Gasteiger partial charge in [0.2, 0.25) is 23.7 Å². The van der Waals surface area contributed by atoms with Crippen molar-refractivity contribution < 1.29 is 38.6 Å². The standard InChI is InChI=1S/C43H47N13O8/c1-6-55-31(16-24(3)50-55)39(59)48-41-46-29-18-27(37(44)57)20-33(63-5)35(29)53(41)13-9-10-14-54-36-30(47-42(54)49-40(60)32-17-25(4)51-56(32)7-2)19-28(38(45)58)21-34(36)64-15-11-8-12-26-22-52(23-26)43(61)62/h9-10,16-21,26H,6-7,12-15,22-23H2,1-5H3,(H2,44,57)(H2,45,58)(H,61,62)(H,46,48,59)(H,47,49,60)/b10-9+. The van der Waals surface area contributed by atoms with E-state index in [1.165, 1.54) is 36.3 Å². The molecule has 64 heavy (non-hydrogen) atoms. The van der Waals surface area contributed by atoms with Gasteiger partial charge in [0.1, 0.15) is 40.5 Å². The number of fused-ring (bicyclic) bond motifs is 2. The van der Waals surface area contributed by atoms with Crippen molar-refractivity contribution in [3.05, 3.63) is 82.5 Å². The first kappa shape index (κ1) is 43.9. The van der Waals surface area contributed by atoms with Gasteiger partial charge in [0.05, 0.1) is 29.5 Å². The summed E-state index contributed by atoms with van der Waals surface area (Å²) in [5.74, 6) is 4.58. The third kappa shape index (κ3) is 9.06. The normalized spacial score (nSPS) is 12.6. The van der Waals surface area contributed by atoms with Crippen LogP contribution in [0.5, 0.6) is 11.5 Å². The number of benzene rings is 2. The van der Waals surface area contributed by atoms with Crippen LogP contribution < -0.4 is 31.6 Å². The van der Waals surface area contributed by atoms with E-state index in [-0.39, 0.29) is 54.4 Å². The molecule has 4 aromatic heterocycles. The molecule has 0 saturated carbocycles. The topological polar surface area (TPSA) is 275 Å². The van der Waals surface area contributed by atoms with Crippen molar-refractivity contribution in [3.63, 3.8) is 0 Å². The van der Waals surface area contributed by atoms with Crippen LogP contribution >= 0.6 is 0 Å². The van der Waals surface area contributed by atoms with E-state index >= 15 is 0 Å². The predicted molar refractivity (Wildman–Crippen MR) is 234 cm³/mol. The lowest BCUT2D eigenvalue weighted by atomic mass is 9.97. The molecule has 5 amide bonds. The Morgan fingerprint density at radius 3 is 1.70 bits per heavy atom. The van der Waals surface area contributed by atoms with Crippen LogP contribution in [-0.2, 0) is 26.2 Å². The van der Waals surface area contributed by atoms with Crippen LogP contribution in [0.3, 0.4) is 0 Å². The number of likely N-dealkylation sites (tertiary alicyclic amines) is 1. The maximum absolute atomic E-state index is 13.8. The van der Waals surface area contributed by atoms with Gasteiger partial charge in [-0.05, 0) is 64.1 Å². The van der Waals surface area contributed by atoms with E-state index in [1.54, 1.807) is 56.6 Å². The molecule has 0 radical (unpaired) electrons. The lowest BCUT2D eigenvalue weighted by molar-refractivity contribution is 0.0836. The fraction of sp³-hybridized carbons (Fsp3) is 0.326. The van der Waals surface area contributed by atoms with Crippen LogP contribution in [0.1, 0.15) is 73.3 Å². The molecule has 1 fully saturated rings. The third-order valence-electron chi connectivity index (χ3n) is 10.5. The van der Waals surface area contributed by atoms with Crippen LogP contribution in [0.25, 0.3) is 22.1 Å². The van der Waals surface area contributed by atoms with Gasteiger partial charge in [0.25, 0.3) is 11.8 Å². The Kier molecular flexibility index (Phi) is 12.7. The number of nitrogens with zero attached hydrogens (tertiary/aromatic N) is 9. The first-order valence-electron chi connectivity index (χ1n) is 20.3. The second-order valence-corrected chi connectivity index (χ2v) is 15.0. The number of ether oxygens (including phenoxy) is 2. The van der Waals surface area contributed by atoms with Crippen molar-refractivity contribution in [3.8, 4) is 23.3 Å². The fourth-order valence-corrected chi connectivity index (χ4v) is 7.42. The van der Waals surface area contributed by atoms with Crippen molar-refractivity contribution in [2.75, 3.05) is 37.4 Å². The summed E-state index contributed by atoms with van der Waals surface area (Å²) in [7, 11) is 1.44. The minimum atomic E-state index is -0.963. The Bertz CT molecular complexity index is 2920. The largest absolute Gasteiger partial charge is 0.494 e. The van der Waals surface area contributed by atoms with Crippen molar-refractivity contribution in [1.29, 1.82) is 0 Å². The summed E-state index contributed by atoms with van der Waals surface area (Å²) in [6, 6.07) is 9.33. The van der Waals surface area contributed by atoms with E-state index in [0.717, 1.165) is 0 Å². The summed E-state index contributed by atoms with van der Waals surface area (Å²) in [6.07, 6.45) is 3.13. The first-order valence-corrected chi connectivity index (χ1v) is 20.3. The highest BCUT2D eigenvalue weighted by Gasteiger charge is 2.29. The van der Waals surface area contributed by atoms with Gasteiger partial charge in [-0.2, -0.15) is 10.2 Å². The van der Waals surface area contributed by atoms with Gasteiger partial charge in [-0.1, -0.05) is 24.0 Å². The smallest absolute Gasteiger partial charge is 0.407 e. The number of hydrogen-bond donors (Lipinski definition) is 5. The number of primary amides is 2. The zero-order valence-electron chi connectivity index (χ0n) is 35.8. The lowest BCUT2D eigenvalue weighted by Crippen LogP contribution is -2.49. The highest BCUT2D eigenvalue weighted by molar-refractivity contribution is 6.05. The summed E-state index contributed by atoms with van der Waals surface area (Å²) < 4.78 is 18.4. The number of aryl methyl sites for hydroxylation is 4. The summed E-state index contributed by atoms with van der Waals surface area (Å²) in [4.78, 5) is 74.1. The highest BCUT2D eigenvalue weighted by Crippen LogP contribution is 2.33. The molecule has 1 aliphatic heterocycles. The van der Waals surface area contributed by atoms with Gasteiger partial charge in [-0.3, -0.25) is 39.2 Å². The Morgan fingerprint density at radius 2 is 1.25 bits per heavy atom. The number of hydrogen-bond acceptors (Lipinski definition) is 11. The number of carboxylic acid groups (broad SMARTS) is 1. The Hall–Kier alpha value is -8.15. The highest BCUT2D eigenvalue weighted by atomic mass is 16.5. The molecule has 6 aromatic rings. The fourth-order valence-electron chi connectivity index (χ4n) is 7.42. The van der Waals surface area contributed by atoms with Gasteiger partial charge in [-0.15, -0.1) is 0 Å². The molecule has 0 unspecified atom stereocenters. The van der Waals surface area contributed by atoms with Crippen LogP contribution in [0.4, 0.5) is 16.7 Å². The number of allylic oxidation sites excluding steroid dienone is 2. The van der Waals surface area contributed by atoms with Crippen molar-refractivity contribution in [2.45, 2.75) is 60.3 Å². The van der Waals surface area contributed by atoms with Crippen LogP contribution in [-0.4, -0.2) is 105 Å². The Labute approximate surface area is 366 Å². The number of rotatable bonds is 16. The van der Waals surface area contributed by atoms with Gasteiger partial charge in [-0.25, -0.2) is 14.8 Å². The zero-order chi connectivity index (χ0) is 45.8. The zero-order valence-corrected chi connectivity index (χ0v) is 35.8. The van der Waals surface area contributed by atoms with Gasteiger partial charge in [0, 0.05) is 62.7 Å². The number of amides is 5. The number of carbonyl (C=O) groups excluding carboxylic acids is 4. The molecule has 332 valence electrons. The molecule has 5 heterocycles. The van der Waals surface area contributed by atoms with Crippen molar-refractivity contribution in [1.82, 2.24) is 43.6 Å². The molecule has 2 aromatic carbocycles. The van der Waals surface area contributed by atoms with Crippen molar-refractivity contribution >= 4 is 63.7 Å². The second-order valence-electron chi connectivity index (χ2n) is 15.0. The van der Waals surface area contributed by atoms with Crippen molar-refractivity contribution in [2.24, 2.45) is 17.4 Å². The summed E-state index contributed by atoms with van der Waals surface area (Å²) in [5, 5.41) is 23.7. The molecule has 21 heteroatoms. The SMILES string of the molecule is CCn1nc(C)cc1C(=O)Nc1nc2cc(C(N)=O)cc(OC)c2n1C/C=C/Cn1c(NC(=O)c2cc(C)nn2CC)nc2cc(C(N)=O)cc(OCC#CCC3CN(C(=O)O)C3)c21. The molecule has 21 nitrogen and oxygen atoms in total. The minimum Gasteiger partial charge on any atom is -0.494 e. The van der Waals surface area contributed by atoms with E-state index < -0.39 is 29.7 Å². The molecule has 0 aliphatic carbocycles. The number of carbonyl (C=O) groups is 5. The molecule has 0 bridgehead atoms. The maximum atomic E-state index is 13.8. The number of aromatic nitrogens is 8. The molecule has 7 rings (SSSR count). The third-order valence-corrected chi connectivity index (χ3v) is 10.5. The minimum absolute atomic E-state index is 0.0789. The number of anilines is 2. The molecule has 0 spiro atoms. The average molecular weight is 874 g/mol. The molecular formula is C43H47N13O8. The van der Waals surface area contributed by atoms with Gasteiger partial charge in [0.15, 0.2) is 0 Å². The van der Waals surface area contributed by atoms with E-state index in [1.807, 2.05) is 13.8 Å². The second kappa shape index (κ2) is 18.4. The number of methoxy groups -OCH3 is 1. The summed E-state index contributed by atoms with van der Waals surface area (Å²) in [6.45, 7) is 9.18. The Morgan fingerprint density at radius 1 is 0.766 bits per heavy atom. The van der Waals surface area contributed by atoms with E-state index in [2.05, 4.69) is 37.7 Å². The number of nitrogens with one attached hydrogen (secondary N) is 2. The first-order chi connectivity index (χ1) is 30.7. The lowest BCUT2D eigenvalue weighted by Gasteiger charge is -2.35. The number of imidazole rings is 2. The molecule has 0 atom stereocenters. The van der Waals surface area contributed by atoms with E-state index in [9.17, 15) is 24.0 Å². The van der Waals surface area contributed by atoms with Gasteiger partial charge < -0.3 is 40.1 Å². The van der Waals surface area contributed by atoms with E-state index in [0.29, 0.717) is 83.2 Å². The maximum Gasteiger partial charge on any atom is 0.407 e. The van der Waals surface area contributed by atoms with Crippen LogP contribution in [0.2, 0.25) is 0 Å². The van der Waals surface area contributed by atoms with Crippen LogP contribution in [0, 0.1) is 31.6 Å². The quantitative estimate of drug-likeness (QED) is 0.0687. The predicted octanol–water partition coefficient (Wildman–Crippen LogP) is 3.79. The number of nitrogens with two attached hydrogens (primary N) is 2. The Balaban J connectivity index is 1.24. The molecule has 7 N–H and O–H groups in total. The van der Waals surface area contributed by atoms with E-state index in [4.69, 9.17) is 31.0 Å². The monoisotopic (exact) mass is 873 g/mol. The van der Waals surface area contributed by atoms with Crippen LogP contribution in [0.15, 0.2) is 48.6 Å². The van der Waals surface area contributed by atoms with Gasteiger partial charge >= 0.3 is 6.09 Å².